The topological polar surface area (TPSA) is 36.9 Å². The molecule has 1 aromatic carbocycles. The average molecular weight is 310 g/mol. The summed E-state index contributed by atoms with van der Waals surface area (Å²) in [7, 11) is 0. The Hall–Kier alpha value is -0.940. The van der Waals surface area contributed by atoms with E-state index in [2.05, 4.69) is 24.3 Å². The second-order valence-electron chi connectivity index (χ2n) is 4.94. The lowest BCUT2D eigenvalue weighted by Gasteiger charge is -2.18. The van der Waals surface area contributed by atoms with E-state index in [0.29, 0.717) is 26.4 Å². The summed E-state index contributed by atoms with van der Waals surface area (Å²) >= 11 is 0. The van der Waals surface area contributed by atoms with Crippen LogP contribution in [0, 0.1) is 0 Å². The highest BCUT2D eigenvalue weighted by atomic mass is 16.7. The Bertz CT molecular complexity index is 342. The standard InChI is InChI=1S/C18H30O4/c1-3-19-15-16-20-13-8-11-18(21-4-2)22-14-12-17-9-6-5-7-10-17/h5-7,9-10,18H,3-4,8,11-16H2,1-2H3. The fourth-order valence-electron chi connectivity index (χ4n) is 2.07. The van der Waals surface area contributed by atoms with E-state index >= 15 is 0 Å². The van der Waals surface area contributed by atoms with Crippen LogP contribution < -0.4 is 0 Å². The Kier molecular flexibility index (Phi) is 11.9. The zero-order valence-electron chi connectivity index (χ0n) is 14.0. The van der Waals surface area contributed by atoms with Crippen LogP contribution in [-0.4, -0.2) is 45.9 Å². The zero-order chi connectivity index (χ0) is 15.9. The summed E-state index contributed by atoms with van der Waals surface area (Å²) in [5, 5.41) is 0. The van der Waals surface area contributed by atoms with E-state index in [9.17, 15) is 0 Å². The largest absolute Gasteiger partial charge is 0.379 e. The van der Waals surface area contributed by atoms with Crippen molar-refractivity contribution >= 4 is 0 Å². The molecular weight excluding hydrogens is 280 g/mol. The molecule has 0 aromatic heterocycles. The molecular formula is C18H30O4. The van der Waals surface area contributed by atoms with Gasteiger partial charge in [0.2, 0.25) is 0 Å². The van der Waals surface area contributed by atoms with Crippen LogP contribution in [0.5, 0.6) is 0 Å². The van der Waals surface area contributed by atoms with E-state index in [4.69, 9.17) is 18.9 Å². The van der Waals surface area contributed by atoms with Crippen molar-refractivity contribution in [2.45, 2.75) is 39.4 Å². The minimum Gasteiger partial charge on any atom is -0.379 e. The van der Waals surface area contributed by atoms with Crippen LogP contribution in [0.1, 0.15) is 32.3 Å². The van der Waals surface area contributed by atoms with Gasteiger partial charge in [-0.25, -0.2) is 0 Å². The van der Waals surface area contributed by atoms with Gasteiger partial charge in [-0.1, -0.05) is 30.3 Å². The molecule has 0 aliphatic rings. The van der Waals surface area contributed by atoms with Gasteiger partial charge in [0, 0.05) is 26.2 Å². The van der Waals surface area contributed by atoms with E-state index in [1.807, 2.05) is 19.9 Å². The molecule has 0 amide bonds. The Morgan fingerprint density at radius 1 is 0.818 bits per heavy atom. The van der Waals surface area contributed by atoms with Crippen LogP contribution >= 0.6 is 0 Å². The maximum atomic E-state index is 5.83. The SMILES string of the molecule is CCOCCOCCCC(OCC)OCCc1ccccc1. The molecule has 4 heteroatoms. The molecule has 0 aliphatic carbocycles. The van der Waals surface area contributed by atoms with Gasteiger partial charge in [-0.05, 0) is 32.3 Å². The third-order valence-corrected chi connectivity index (χ3v) is 3.19. The zero-order valence-corrected chi connectivity index (χ0v) is 14.0. The first-order chi connectivity index (χ1) is 10.9. The molecule has 1 atom stereocenters. The van der Waals surface area contributed by atoms with Crippen LogP contribution in [0.25, 0.3) is 0 Å². The lowest BCUT2D eigenvalue weighted by molar-refractivity contribution is -0.144. The van der Waals surface area contributed by atoms with Gasteiger partial charge in [0.15, 0.2) is 6.29 Å². The number of hydrogen-bond acceptors (Lipinski definition) is 4. The van der Waals surface area contributed by atoms with Crippen molar-refractivity contribution in [2.75, 3.05) is 39.6 Å². The van der Waals surface area contributed by atoms with Crippen LogP contribution in [0.3, 0.4) is 0 Å². The normalized spacial score (nSPS) is 12.5. The monoisotopic (exact) mass is 310 g/mol. The second-order valence-corrected chi connectivity index (χ2v) is 4.94. The predicted octanol–water partition coefficient (Wildman–Crippen LogP) is 3.44. The van der Waals surface area contributed by atoms with Crippen molar-refractivity contribution in [2.24, 2.45) is 0 Å². The Morgan fingerprint density at radius 3 is 2.32 bits per heavy atom. The highest BCUT2D eigenvalue weighted by Crippen LogP contribution is 2.07. The summed E-state index contributed by atoms with van der Waals surface area (Å²) < 4.78 is 22.2. The lowest BCUT2D eigenvalue weighted by atomic mass is 10.2. The summed E-state index contributed by atoms with van der Waals surface area (Å²) in [6.07, 6.45) is 2.57. The van der Waals surface area contributed by atoms with Crippen LogP contribution in [0.4, 0.5) is 0 Å². The Labute approximate surface area is 134 Å². The molecule has 1 unspecified atom stereocenters. The van der Waals surface area contributed by atoms with Crippen LogP contribution in [0.2, 0.25) is 0 Å². The van der Waals surface area contributed by atoms with E-state index < -0.39 is 0 Å². The summed E-state index contributed by atoms with van der Waals surface area (Å²) in [4.78, 5) is 0. The molecule has 4 nitrogen and oxygen atoms in total. The summed E-state index contributed by atoms with van der Waals surface area (Å²) in [6.45, 7) is 8.11. The molecule has 0 bridgehead atoms. The van der Waals surface area contributed by atoms with Gasteiger partial charge in [-0.15, -0.1) is 0 Å². The average Bonchev–Trinajstić information content (AvgIpc) is 2.55. The summed E-state index contributed by atoms with van der Waals surface area (Å²) in [5.41, 5.74) is 1.29. The first-order valence-electron chi connectivity index (χ1n) is 8.29. The summed E-state index contributed by atoms with van der Waals surface area (Å²) in [6, 6.07) is 10.4. The second kappa shape index (κ2) is 13.7. The third kappa shape index (κ3) is 9.90. The van der Waals surface area contributed by atoms with Gasteiger partial charge in [0.1, 0.15) is 0 Å². The van der Waals surface area contributed by atoms with Crippen LogP contribution in [-0.2, 0) is 25.4 Å². The van der Waals surface area contributed by atoms with Gasteiger partial charge in [0.05, 0.1) is 19.8 Å². The van der Waals surface area contributed by atoms with Gasteiger partial charge >= 0.3 is 0 Å². The Morgan fingerprint density at radius 2 is 1.59 bits per heavy atom. The van der Waals surface area contributed by atoms with E-state index in [0.717, 1.165) is 32.5 Å². The minimum atomic E-state index is -0.135. The van der Waals surface area contributed by atoms with E-state index in [1.54, 1.807) is 0 Å². The first kappa shape index (κ1) is 19.1. The molecule has 0 fully saturated rings. The molecule has 1 aromatic rings. The molecule has 0 spiro atoms. The van der Waals surface area contributed by atoms with Crippen molar-refractivity contribution in [3.8, 4) is 0 Å². The lowest BCUT2D eigenvalue weighted by Crippen LogP contribution is -2.19. The van der Waals surface area contributed by atoms with Gasteiger partial charge < -0.3 is 18.9 Å². The highest BCUT2D eigenvalue weighted by Gasteiger charge is 2.08. The molecule has 0 N–H and O–H groups in total. The minimum absolute atomic E-state index is 0.135. The highest BCUT2D eigenvalue weighted by molar-refractivity contribution is 5.14. The van der Waals surface area contributed by atoms with E-state index in [-0.39, 0.29) is 6.29 Å². The molecule has 0 saturated carbocycles. The molecule has 0 heterocycles. The fraction of sp³-hybridized carbons (Fsp3) is 0.667. The molecule has 0 aliphatic heterocycles. The fourth-order valence-corrected chi connectivity index (χ4v) is 2.07. The first-order valence-corrected chi connectivity index (χ1v) is 8.29. The third-order valence-electron chi connectivity index (χ3n) is 3.19. The van der Waals surface area contributed by atoms with Crippen molar-refractivity contribution in [1.82, 2.24) is 0 Å². The quantitative estimate of drug-likeness (QED) is 0.390. The maximum absolute atomic E-state index is 5.83. The van der Waals surface area contributed by atoms with Crippen LogP contribution in [0.15, 0.2) is 30.3 Å². The van der Waals surface area contributed by atoms with Crippen molar-refractivity contribution in [1.29, 1.82) is 0 Å². The van der Waals surface area contributed by atoms with Crippen molar-refractivity contribution in [3.63, 3.8) is 0 Å². The predicted molar refractivity (Wildman–Crippen MR) is 88.1 cm³/mol. The number of rotatable bonds is 14. The molecule has 0 saturated heterocycles. The van der Waals surface area contributed by atoms with Gasteiger partial charge in [-0.2, -0.15) is 0 Å². The van der Waals surface area contributed by atoms with Gasteiger partial charge in [0.25, 0.3) is 0 Å². The molecule has 22 heavy (non-hydrogen) atoms. The number of benzene rings is 1. The van der Waals surface area contributed by atoms with Crippen molar-refractivity contribution in [3.05, 3.63) is 35.9 Å². The smallest absolute Gasteiger partial charge is 0.157 e. The van der Waals surface area contributed by atoms with E-state index in [1.165, 1.54) is 5.56 Å². The molecule has 126 valence electrons. The number of hydrogen-bond donors (Lipinski definition) is 0. The number of ether oxygens (including phenoxy) is 4. The van der Waals surface area contributed by atoms with Crippen molar-refractivity contribution < 1.29 is 18.9 Å². The molecule has 1 rings (SSSR count). The maximum Gasteiger partial charge on any atom is 0.157 e. The van der Waals surface area contributed by atoms with Gasteiger partial charge in [-0.3, -0.25) is 0 Å². The molecule has 0 radical (unpaired) electrons. The summed E-state index contributed by atoms with van der Waals surface area (Å²) in [5.74, 6) is 0. The Balaban J connectivity index is 2.08.